The van der Waals surface area contributed by atoms with Crippen molar-refractivity contribution in [2.24, 2.45) is 5.92 Å². The van der Waals surface area contributed by atoms with Crippen molar-refractivity contribution in [2.75, 3.05) is 13.1 Å². The molecule has 1 saturated heterocycles. The standard InChI is InChI=1S/C13H14FNO5S/c14-9-3-4-10(12(16)17)11(5-9)21(19,20)15-6-13(18,7-15)8-1-2-8/h3-5,8,18H,1-2,6-7H2,(H,16,17). The molecule has 6 nitrogen and oxygen atoms in total. The predicted molar refractivity (Wildman–Crippen MR) is 69.8 cm³/mol. The monoisotopic (exact) mass is 315 g/mol. The van der Waals surface area contributed by atoms with Gasteiger partial charge in [-0.05, 0) is 37.0 Å². The molecule has 3 rings (SSSR count). The van der Waals surface area contributed by atoms with Crippen LogP contribution in [-0.2, 0) is 10.0 Å². The maximum absolute atomic E-state index is 13.3. The van der Waals surface area contributed by atoms with Crippen LogP contribution in [0.3, 0.4) is 0 Å². The summed E-state index contributed by atoms with van der Waals surface area (Å²) in [5, 5.41) is 19.2. The van der Waals surface area contributed by atoms with E-state index in [9.17, 15) is 22.7 Å². The van der Waals surface area contributed by atoms with E-state index in [4.69, 9.17) is 5.11 Å². The van der Waals surface area contributed by atoms with Gasteiger partial charge in [0, 0.05) is 13.1 Å². The molecule has 8 heteroatoms. The summed E-state index contributed by atoms with van der Waals surface area (Å²) in [4.78, 5) is 10.5. The van der Waals surface area contributed by atoms with E-state index >= 15 is 0 Å². The van der Waals surface area contributed by atoms with Crippen molar-refractivity contribution in [2.45, 2.75) is 23.3 Å². The molecular formula is C13H14FNO5S. The van der Waals surface area contributed by atoms with Crippen LogP contribution in [0.5, 0.6) is 0 Å². The first-order valence-electron chi connectivity index (χ1n) is 6.49. The molecule has 1 heterocycles. The summed E-state index contributed by atoms with van der Waals surface area (Å²) in [6, 6.07) is 2.53. The van der Waals surface area contributed by atoms with Crippen molar-refractivity contribution in [3.05, 3.63) is 29.6 Å². The molecule has 0 bridgehead atoms. The first-order valence-corrected chi connectivity index (χ1v) is 7.93. The van der Waals surface area contributed by atoms with Crippen LogP contribution in [0, 0.1) is 11.7 Å². The van der Waals surface area contributed by atoms with Crippen molar-refractivity contribution in [3.8, 4) is 0 Å². The van der Waals surface area contributed by atoms with E-state index < -0.39 is 37.9 Å². The van der Waals surface area contributed by atoms with E-state index in [0.717, 1.165) is 29.3 Å². The largest absolute Gasteiger partial charge is 0.478 e. The lowest BCUT2D eigenvalue weighted by atomic mass is 9.91. The average Bonchev–Trinajstić information content (AvgIpc) is 3.18. The molecule has 1 aliphatic heterocycles. The molecule has 1 aromatic rings. The third kappa shape index (κ3) is 2.33. The first-order chi connectivity index (χ1) is 9.74. The Bertz CT molecular complexity index is 707. The highest BCUT2D eigenvalue weighted by atomic mass is 32.2. The summed E-state index contributed by atoms with van der Waals surface area (Å²) >= 11 is 0. The van der Waals surface area contributed by atoms with Gasteiger partial charge < -0.3 is 10.2 Å². The van der Waals surface area contributed by atoms with Gasteiger partial charge in [-0.15, -0.1) is 0 Å². The van der Waals surface area contributed by atoms with Crippen LogP contribution in [-0.4, -0.2) is 47.6 Å². The number of rotatable bonds is 4. The maximum atomic E-state index is 13.3. The summed E-state index contributed by atoms with van der Waals surface area (Å²) in [7, 11) is -4.12. The summed E-state index contributed by atoms with van der Waals surface area (Å²) < 4.78 is 39.1. The van der Waals surface area contributed by atoms with Crippen molar-refractivity contribution < 1.29 is 27.8 Å². The van der Waals surface area contributed by atoms with Crippen molar-refractivity contribution in [1.82, 2.24) is 4.31 Å². The Hall–Kier alpha value is -1.51. The van der Waals surface area contributed by atoms with Crippen LogP contribution in [0.4, 0.5) is 4.39 Å². The second-order valence-corrected chi connectivity index (χ2v) is 7.50. The van der Waals surface area contributed by atoms with Crippen LogP contribution < -0.4 is 0 Å². The molecule has 0 radical (unpaired) electrons. The van der Waals surface area contributed by atoms with Gasteiger partial charge in [0.25, 0.3) is 0 Å². The van der Waals surface area contributed by atoms with E-state index in [2.05, 4.69) is 0 Å². The fourth-order valence-electron chi connectivity index (χ4n) is 2.64. The summed E-state index contributed by atoms with van der Waals surface area (Å²) in [5.41, 5.74) is -1.50. The second-order valence-electron chi connectivity index (χ2n) is 5.60. The quantitative estimate of drug-likeness (QED) is 0.851. The molecule has 0 aromatic heterocycles. The number of aromatic carboxylic acids is 1. The van der Waals surface area contributed by atoms with Crippen LogP contribution in [0.1, 0.15) is 23.2 Å². The molecule has 1 aliphatic carbocycles. The Morgan fingerprint density at radius 2 is 1.95 bits per heavy atom. The van der Waals surface area contributed by atoms with E-state index in [1.807, 2.05) is 0 Å². The maximum Gasteiger partial charge on any atom is 0.337 e. The van der Waals surface area contributed by atoms with Gasteiger partial charge in [0.05, 0.1) is 16.1 Å². The van der Waals surface area contributed by atoms with E-state index in [0.29, 0.717) is 6.07 Å². The van der Waals surface area contributed by atoms with Gasteiger partial charge in [-0.25, -0.2) is 17.6 Å². The topological polar surface area (TPSA) is 94.9 Å². The minimum Gasteiger partial charge on any atom is -0.478 e. The van der Waals surface area contributed by atoms with Crippen molar-refractivity contribution >= 4 is 16.0 Å². The molecule has 1 saturated carbocycles. The lowest BCUT2D eigenvalue weighted by Gasteiger charge is -2.45. The highest BCUT2D eigenvalue weighted by molar-refractivity contribution is 7.89. The second kappa shape index (κ2) is 4.49. The Labute approximate surface area is 120 Å². The molecule has 0 unspecified atom stereocenters. The number of halogens is 1. The third-order valence-electron chi connectivity index (χ3n) is 4.03. The van der Waals surface area contributed by atoms with Crippen LogP contribution >= 0.6 is 0 Å². The van der Waals surface area contributed by atoms with Gasteiger partial charge in [0.15, 0.2) is 0 Å². The number of carboxylic acids is 1. The van der Waals surface area contributed by atoms with Gasteiger partial charge in [-0.2, -0.15) is 4.31 Å². The zero-order valence-electron chi connectivity index (χ0n) is 11.0. The molecule has 2 N–H and O–H groups in total. The van der Waals surface area contributed by atoms with Gasteiger partial charge in [0.1, 0.15) is 5.82 Å². The number of benzene rings is 1. The molecule has 0 amide bonds. The summed E-state index contributed by atoms with van der Waals surface area (Å²) in [6.07, 6.45) is 1.73. The SMILES string of the molecule is O=C(O)c1ccc(F)cc1S(=O)(=O)N1CC(O)(C2CC2)C1. The smallest absolute Gasteiger partial charge is 0.337 e. The molecule has 0 atom stereocenters. The number of hydrogen-bond donors (Lipinski definition) is 2. The summed E-state index contributed by atoms with van der Waals surface area (Å²) in [5.74, 6) is -2.15. The molecule has 21 heavy (non-hydrogen) atoms. The Morgan fingerprint density at radius 1 is 1.33 bits per heavy atom. The van der Waals surface area contributed by atoms with Crippen LogP contribution in [0.15, 0.2) is 23.1 Å². The minimum absolute atomic E-state index is 0.0738. The van der Waals surface area contributed by atoms with E-state index in [1.54, 1.807) is 0 Å². The fraction of sp³-hybridized carbons (Fsp3) is 0.462. The molecular weight excluding hydrogens is 301 g/mol. The highest BCUT2D eigenvalue weighted by Gasteiger charge is 2.55. The zero-order chi connectivity index (χ0) is 15.4. The Morgan fingerprint density at radius 3 is 2.48 bits per heavy atom. The average molecular weight is 315 g/mol. The van der Waals surface area contributed by atoms with Crippen LogP contribution in [0.25, 0.3) is 0 Å². The Balaban J connectivity index is 1.92. The zero-order valence-corrected chi connectivity index (χ0v) is 11.8. The van der Waals surface area contributed by atoms with E-state index in [1.165, 1.54) is 0 Å². The number of carbonyl (C=O) groups is 1. The Kier molecular flexibility index (Phi) is 3.09. The van der Waals surface area contributed by atoms with Crippen LogP contribution in [0.2, 0.25) is 0 Å². The number of β-amino-alcohol motifs (C(OH)–C–C–N with tert-alkyl or cyclic N) is 1. The van der Waals surface area contributed by atoms with Gasteiger partial charge in [-0.1, -0.05) is 0 Å². The number of hydrogen-bond acceptors (Lipinski definition) is 4. The molecule has 0 spiro atoms. The number of sulfonamides is 1. The predicted octanol–water partition coefficient (Wildman–Crippen LogP) is 0.669. The molecule has 2 fully saturated rings. The third-order valence-corrected chi connectivity index (χ3v) is 5.86. The minimum atomic E-state index is -4.12. The van der Waals surface area contributed by atoms with Crippen molar-refractivity contribution in [1.29, 1.82) is 0 Å². The number of nitrogens with zero attached hydrogens (tertiary/aromatic N) is 1. The lowest BCUT2D eigenvalue weighted by molar-refractivity contribution is -0.0764. The van der Waals surface area contributed by atoms with Crippen molar-refractivity contribution in [3.63, 3.8) is 0 Å². The number of carboxylic acid groups (broad SMARTS) is 1. The molecule has 1 aromatic carbocycles. The number of aliphatic hydroxyl groups is 1. The first kappa shape index (κ1) is 14.4. The van der Waals surface area contributed by atoms with E-state index in [-0.39, 0.29) is 19.0 Å². The van der Waals surface area contributed by atoms with Gasteiger partial charge in [-0.3, -0.25) is 0 Å². The normalized spacial score (nSPS) is 21.8. The van der Waals surface area contributed by atoms with Gasteiger partial charge >= 0.3 is 5.97 Å². The molecule has 114 valence electrons. The highest BCUT2D eigenvalue weighted by Crippen LogP contribution is 2.46. The lowest BCUT2D eigenvalue weighted by Crippen LogP contribution is -2.64. The summed E-state index contributed by atoms with van der Waals surface area (Å²) in [6.45, 7) is -0.148. The van der Waals surface area contributed by atoms with Gasteiger partial charge in [0.2, 0.25) is 10.0 Å². The fourth-order valence-corrected chi connectivity index (χ4v) is 4.40. The molecule has 2 aliphatic rings.